The topological polar surface area (TPSA) is 68.3 Å². The third kappa shape index (κ3) is 3.04. The number of rotatable bonds is 3. The van der Waals surface area contributed by atoms with Crippen LogP contribution < -0.4 is 0 Å². The van der Waals surface area contributed by atoms with Gasteiger partial charge in [0.1, 0.15) is 17.3 Å². The van der Waals surface area contributed by atoms with Crippen molar-refractivity contribution >= 4 is 11.6 Å². The summed E-state index contributed by atoms with van der Waals surface area (Å²) in [6.45, 7) is 3.06. The van der Waals surface area contributed by atoms with Crippen LogP contribution in [0.4, 0.5) is 4.39 Å². The highest BCUT2D eigenvalue weighted by Crippen LogP contribution is 2.28. The first kappa shape index (κ1) is 18.5. The molecule has 3 aromatic heterocycles. The average molecular weight is 404 g/mol. The molecule has 1 amide bonds. The first-order valence-corrected chi connectivity index (χ1v) is 10.0. The number of para-hydroxylation sites is 1. The van der Waals surface area contributed by atoms with Crippen LogP contribution in [0.25, 0.3) is 11.3 Å². The maximum atomic E-state index is 14.1. The lowest BCUT2D eigenvalue weighted by atomic mass is 9.95. The van der Waals surface area contributed by atoms with Gasteiger partial charge < -0.3 is 4.90 Å². The second kappa shape index (κ2) is 7.37. The Morgan fingerprint density at radius 3 is 2.63 bits per heavy atom. The highest BCUT2D eigenvalue weighted by Gasteiger charge is 2.29. The van der Waals surface area contributed by atoms with Crippen LogP contribution in [0.15, 0.2) is 54.9 Å². The third-order valence-corrected chi connectivity index (χ3v) is 5.81. The number of nitrogens with zero attached hydrogens (tertiary/aromatic N) is 6. The van der Waals surface area contributed by atoms with E-state index in [1.165, 1.54) is 16.9 Å². The number of aromatic nitrogens is 5. The Morgan fingerprint density at radius 2 is 1.83 bits per heavy atom. The number of benzene rings is 1. The highest BCUT2D eigenvalue weighted by atomic mass is 19.1. The summed E-state index contributed by atoms with van der Waals surface area (Å²) < 4.78 is 17.6. The van der Waals surface area contributed by atoms with Gasteiger partial charge in [0.05, 0.1) is 17.5 Å². The quantitative estimate of drug-likeness (QED) is 0.525. The average Bonchev–Trinajstić information content (AvgIpc) is 3.37. The minimum atomic E-state index is -0.371. The number of fused-ring (bicyclic) bond motifs is 1. The van der Waals surface area contributed by atoms with Crippen LogP contribution in [0.5, 0.6) is 0 Å². The molecule has 1 fully saturated rings. The molecule has 1 aromatic carbocycles. The lowest BCUT2D eigenvalue weighted by molar-refractivity contribution is 0.0710. The molecule has 0 radical (unpaired) electrons. The van der Waals surface area contributed by atoms with E-state index in [1.807, 2.05) is 33.7 Å². The fraction of sp³-hybridized carbons (Fsp3) is 0.273. The monoisotopic (exact) mass is 404 g/mol. The minimum absolute atomic E-state index is 0.0698. The number of hydrogen-bond acceptors (Lipinski definition) is 4. The van der Waals surface area contributed by atoms with Crippen molar-refractivity contribution in [1.29, 1.82) is 0 Å². The molecule has 0 bridgehead atoms. The number of pyridine rings is 1. The van der Waals surface area contributed by atoms with Crippen molar-refractivity contribution in [2.75, 3.05) is 13.1 Å². The van der Waals surface area contributed by atoms with Gasteiger partial charge in [0.15, 0.2) is 5.65 Å². The van der Waals surface area contributed by atoms with E-state index in [1.54, 1.807) is 25.1 Å². The summed E-state index contributed by atoms with van der Waals surface area (Å²) in [5, 5.41) is 12.9. The van der Waals surface area contributed by atoms with Crippen LogP contribution in [0, 0.1) is 12.7 Å². The molecule has 0 N–H and O–H groups in total. The molecule has 5 rings (SSSR count). The van der Waals surface area contributed by atoms with Crippen molar-refractivity contribution in [3.05, 3.63) is 77.8 Å². The molecule has 1 saturated heterocycles. The Kier molecular flexibility index (Phi) is 4.54. The predicted molar refractivity (Wildman–Crippen MR) is 109 cm³/mol. The van der Waals surface area contributed by atoms with Crippen molar-refractivity contribution < 1.29 is 9.18 Å². The van der Waals surface area contributed by atoms with Gasteiger partial charge >= 0.3 is 0 Å². The maximum absolute atomic E-state index is 14.1. The Labute approximate surface area is 172 Å². The first-order chi connectivity index (χ1) is 14.6. The largest absolute Gasteiger partial charge is 0.338 e. The van der Waals surface area contributed by atoms with Gasteiger partial charge in [0.25, 0.3) is 5.91 Å². The Morgan fingerprint density at radius 1 is 1.07 bits per heavy atom. The van der Waals surface area contributed by atoms with E-state index < -0.39 is 0 Å². The lowest BCUT2D eigenvalue weighted by Gasteiger charge is -2.31. The van der Waals surface area contributed by atoms with Gasteiger partial charge in [-0.1, -0.05) is 18.2 Å². The number of carbonyl (C=O) groups is 1. The van der Waals surface area contributed by atoms with E-state index in [2.05, 4.69) is 15.3 Å². The van der Waals surface area contributed by atoms with Gasteiger partial charge in [-0.3, -0.25) is 9.20 Å². The molecule has 0 unspecified atom stereocenters. The van der Waals surface area contributed by atoms with Crippen molar-refractivity contribution in [3.8, 4) is 5.69 Å². The van der Waals surface area contributed by atoms with E-state index in [-0.39, 0.29) is 17.6 Å². The van der Waals surface area contributed by atoms with Gasteiger partial charge in [-0.15, -0.1) is 10.2 Å². The summed E-state index contributed by atoms with van der Waals surface area (Å²) in [4.78, 5) is 14.9. The van der Waals surface area contributed by atoms with Crippen molar-refractivity contribution in [2.45, 2.75) is 25.7 Å². The molecule has 0 aliphatic carbocycles. The third-order valence-electron chi connectivity index (χ3n) is 5.81. The fourth-order valence-electron chi connectivity index (χ4n) is 4.14. The maximum Gasteiger partial charge on any atom is 0.257 e. The molecule has 0 spiro atoms. The normalized spacial score (nSPS) is 15.1. The molecule has 4 heterocycles. The minimum Gasteiger partial charge on any atom is -0.338 e. The van der Waals surface area contributed by atoms with Crippen molar-refractivity contribution in [1.82, 2.24) is 29.3 Å². The van der Waals surface area contributed by atoms with Crippen LogP contribution >= 0.6 is 0 Å². The zero-order valence-corrected chi connectivity index (χ0v) is 16.6. The second-order valence-electron chi connectivity index (χ2n) is 7.56. The molecule has 0 saturated carbocycles. The van der Waals surface area contributed by atoms with Crippen molar-refractivity contribution in [2.24, 2.45) is 0 Å². The van der Waals surface area contributed by atoms with Crippen LogP contribution in [0.1, 0.15) is 40.6 Å². The SMILES string of the molecule is Cc1c(C(=O)N2CCC(c3nnc4ccccn34)CC2)cnn1-c1ccccc1F. The summed E-state index contributed by atoms with van der Waals surface area (Å²) >= 11 is 0. The molecule has 4 aromatic rings. The number of carbonyl (C=O) groups excluding carboxylic acids is 1. The molecule has 8 heteroatoms. The molecule has 1 aliphatic heterocycles. The van der Waals surface area contributed by atoms with E-state index in [9.17, 15) is 9.18 Å². The van der Waals surface area contributed by atoms with Crippen LogP contribution in [-0.2, 0) is 0 Å². The number of piperidine rings is 1. The number of halogens is 1. The Balaban J connectivity index is 1.32. The highest BCUT2D eigenvalue weighted by molar-refractivity contribution is 5.95. The van der Waals surface area contributed by atoms with Gasteiger partial charge in [-0.2, -0.15) is 5.10 Å². The Bertz CT molecular complexity index is 1220. The first-order valence-electron chi connectivity index (χ1n) is 10.0. The van der Waals surface area contributed by atoms with E-state index in [0.29, 0.717) is 30.0 Å². The number of likely N-dealkylation sites (tertiary alicyclic amines) is 1. The standard InChI is InChI=1S/C22H21FN6O/c1-15-17(14-24-29(15)19-7-3-2-6-18(19)23)22(30)27-12-9-16(10-13-27)21-26-25-20-8-4-5-11-28(20)21/h2-8,11,14,16H,9-10,12-13H2,1H3. The van der Waals surface area contributed by atoms with Crippen molar-refractivity contribution in [3.63, 3.8) is 0 Å². The summed E-state index contributed by atoms with van der Waals surface area (Å²) in [5.41, 5.74) is 2.31. The second-order valence-corrected chi connectivity index (χ2v) is 7.56. The summed E-state index contributed by atoms with van der Waals surface area (Å²) in [6.07, 6.45) is 5.15. The number of amides is 1. The molecular weight excluding hydrogens is 383 g/mol. The lowest BCUT2D eigenvalue weighted by Crippen LogP contribution is -2.38. The van der Waals surface area contributed by atoms with E-state index in [4.69, 9.17) is 0 Å². The van der Waals surface area contributed by atoms with Crippen LogP contribution in [0.3, 0.4) is 0 Å². The predicted octanol–water partition coefficient (Wildman–Crippen LogP) is 3.38. The van der Waals surface area contributed by atoms with E-state index >= 15 is 0 Å². The molecule has 30 heavy (non-hydrogen) atoms. The summed E-state index contributed by atoms with van der Waals surface area (Å²) in [6, 6.07) is 12.3. The summed E-state index contributed by atoms with van der Waals surface area (Å²) in [5.74, 6) is 0.763. The van der Waals surface area contributed by atoms with Gasteiger partial charge in [0, 0.05) is 25.2 Å². The smallest absolute Gasteiger partial charge is 0.257 e. The number of hydrogen-bond donors (Lipinski definition) is 0. The van der Waals surface area contributed by atoms with E-state index in [0.717, 1.165) is 24.3 Å². The van der Waals surface area contributed by atoms with Gasteiger partial charge in [-0.25, -0.2) is 9.07 Å². The molecular formula is C22H21FN6O. The molecule has 7 nitrogen and oxygen atoms in total. The fourth-order valence-corrected chi connectivity index (χ4v) is 4.14. The molecule has 1 aliphatic rings. The molecule has 0 atom stereocenters. The van der Waals surface area contributed by atoms with Gasteiger partial charge in [-0.05, 0) is 44.0 Å². The zero-order chi connectivity index (χ0) is 20.7. The molecule has 152 valence electrons. The Hall–Kier alpha value is -3.55. The zero-order valence-electron chi connectivity index (χ0n) is 16.6. The summed E-state index contributed by atoms with van der Waals surface area (Å²) in [7, 11) is 0. The van der Waals surface area contributed by atoms with Gasteiger partial charge in [0.2, 0.25) is 0 Å². The van der Waals surface area contributed by atoms with Crippen LogP contribution in [0.2, 0.25) is 0 Å². The van der Waals surface area contributed by atoms with Crippen LogP contribution in [-0.4, -0.2) is 48.3 Å².